The number of nitrogens with zero attached hydrogens (tertiary/aromatic N) is 4. The van der Waals surface area contributed by atoms with Gasteiger partial charge >= 0.3 is 0 Å². The van der Waals surface area contributed by atoms with E-state index in [0.717, 1.165) is 18.1 Å². The lowest BCUT2D eigenvalue weighted by atomic mass is 10.00. The van der Waals surface area contributed by atoms with Crippen LogP contribution in [0.4, 0.5) is 0 Å². The van der Waals surface area contributed by atoms with Crippen molar-refractivity contribution in [3.05, 3.63) is 11.6 Å². The van der Waals surface area contributed by atoms with Crippen molar-refractivity contribution in [1.29, 1.82) is 0 Å². The second-order valence-electron chi connectivity index (χ2n) is 6.53. The number of aliphatic hydroxyl groups excluding tert-OH is 1. The van der Waals surface area contributed by atoms with Gasteiger partial charge in [0.2, 0.25) is 5.91 Å². The Morgan fingerprint density at radius 1 is 1.38 bits per heavy atom. The van der Waals surface area contributed by atoms with Gasteiger partial charge in [0.25, 0.3) is 0 Å². The molecule has 1 amide bonds. The number of fused-ring (bicyclic) bond motifs is 1. The van der Waals surface area contributed by atoms with Gasteiger partial charge in [-0.3, -0.25) is 4.79 Å². The topological polar surface area (TPSA) is 71.2 Å². The first-order chi connectivity index (χ1) is 10.1. The first kappa shape index (κ1) is 14.5. The van der Waals surface area contributed by atoms with Crippen LogP contribution in [-0.2, 0) is 11.3 Å². The van der Waals surface area contributed by atoms with Gasteiger partial charge in [-0.05, 0) is 25.2 Å². The van der Waals surface area contributed by atoms with Crippen LogP contribution in [0.3, 0.4) is 0 Å². The van der Waals surface area contributed by atoms with Crippen LogP contribution < -0.4 is 0 Å². The van der Waals surface area contributed by atoms with Gasteiger partial charge in [-0.15, -0.1) is 0 Å². The maximum atomic E-state index is 12.3. The number of aromatic nitrogens is 3. The molecule has 1 atom stereocenters. The summed E-state index contributed by atoms with van der Waals surface area (Å²) >= 11 is 0. The maximum absolute atomic E-state index is 12.3. The quantitative estimate of drug-likeness (QED) is 0.892. The van der Waals surface area contributed by atoms with Gasteiger partial charge in [-0.2, -0.15) is 5.10 Å². The Bertz CT molecular complexity index is 522. The summed E-state index contributed by atoms with van der Waals surface area (Å²) in [6.45, 7) is 5.60. The van der Waals surface area contributed by atoms with Crippen molar-refractivity contribution >= 4 is 5.91 Å². The summed E-state index contributed by atoms with van der Waals surface area (Å²) in [6.07, 6.45) is 3.45. The van der Waals surface area contributed by atoms with E-state index in [9.17, 15) is 4.79 Å². The van der Waals surface area contributed by atoms with Crippen LogP contribution >= 0.6 is 0 Å². The van der Waals surface area contributed by atoms with Crippen molar-refractivity contribution in [2.45, 2.75) is 58.0 Å². The van der Waals surface area contributed by atoms with Gasteiger partial charge in [0, 0.05) is 18.9 Å². The van der Waals surface area contributed by atoms with E-state index in [1.807, 2.05) is 9.58 Å². The third-order valence-corrected chi connectivity index (χ3v) is 4.23. The minimum atomic E-state index is -0.0935. The van der Waals surface area contributed by atoms with E-state index < -0.39 is 0 Å². The Hall–Kier alpha value is -1.43. The van der Waals surface area contributed by atoms with Gasteiger partial charge in [-0.25, -0.2) is 9.67 Å². The molecule has 0 aromatic carbocycles. The summed E-state index contributed by atoms with van der Waals surface area (Å²) < 4.78 is 1.99. The van der Waals surface area contributed by atoms with Crippen molar-refractivity contribution in [3.8, 4) is 0 Å². The molecule has 2 aliphatic rings. The van der Waals surface area contributed by atoms with Crippen molar-refractivity contribution in [2.24, 2.45) is 5.92 Å². The summed E-state index contributed by atoms with van der Waals surface area (Å²) in [5.41, 5.74) is 0. The minimum Gasteiger partial charge on any atom is -0.396 e. The molecular weight excluding hydrogens is 268 g/mol. The molecule has 0 unspecified atom stereocenters. The Morgan fingerprint density at radius 2 is 2.14 bits per heavy atom. The highest BCUT2D eigenvalue weighted by Crippen LogP contribution is 2.40. The third kappa shape index (κ3) is 2.95. The number of carbonyl (C=O) groups is 1. The van der Waals surface area contributed by atoms with Gasteiger partial charge < -0.3 is 10.0 Å². The average molecular weight is 292 g/mol. The van der Waals surface area contributed by atoms with Crippen LogP contribution in [0.1, 0.15) is 63.1 Å². The monoisotopic (exact) mass is 292 g/mol. The molecule has 1 N–H and O–H groups in total. The highest BCUT2D eigenvalue weighted by molar-refractivity contribution is 5.76. The standard InChI is InChI=1S/C15H24N4O2/c1-10(2)9-12-15-16-14(11-3-4-11)17-19(15)7-6-18(12)13(21)5-8-20/h10-12,20H,3-9H2,1-2H3/t12-/m0/s1. The van der Waals surface area contributed by atoms with Crippen LogP contribution in [-0.4, -0.2) is 43.8 Å². The van der Waals surface area contributed by atoms with Crippen molar-refractivity contribution in [3.63, 3.8) is 0 Å². The summed E-state index contributed by atoms with van der Waals surface area (Å²) in [5.74, 6) is 2.92. The van der Waals surface area contributed by atoms with Crippen molar-refractivity contribution in [1.82, 2.24) is 19.7 Å². The molecule has 1 aromatic heterocycles. The Labute approximate surface area is 125 Å². The fraction of sp³-hybridized carbons (Fsp3) is 0.800. The molecule has 2 heterocycles. The first-order valence-corrected chi connectivity index (χ1v) is 7.95. The lowest BCUT2D eigenvalue weighted by Crippen LogP contribution is -2.43. The van der Waals surface area contributed by atoms with Gasteiger partial charge in [-0.1, -0.05) is 13.8 Å². The zero-order valence-electron chi connectivity index (χ0n) is 12.8. The van der Waals surface area contributed by atoms with E-state index in [-0.39, 0.29) is 25.0 Å². The Balaban J connectivity index is 1.88. The van der Waals surface area contributed by atoms with Crippen LogP contribution in [0, 0.1) is 5.92 Å². The molecule has 1 aliphatic carbocycles. The normalized spacial score (nSPS) is 21.7. The lowest BCUT2D eigenvalue weighted by molar-refractivity contribution is -0.136. The Morgan fingerprint density at radius 3 is 2.76 bits per heavy atom. The molecule has 1 saturated carbocycles. The number of hydrogen-bond donors (Lipinski definition) is 1. The highest BCUT2D eigenvalue weighted by Gasteiger charge is 2.36. The summed E-state index contributed by atoms with van der Waals surface area (Å²) in [6, 6.07) is -0.00204. The molecule has 0 bridgehead atoms. The molecule has 21 heavy (non-hydrogen) atoms. The molecule has 1 aliphatic heterocycles. The maximum Gasteiger partial charge on any atom is 0.225 e. The smallest absolute Gasteiger partial charge is 0.225 e. The predicted molar refractivity (Wildman–Crippen MR) is 77.6 cm³/mol. The van der Waals surface area contributed by atoms with E-state index in [1.54, 1.807) is 0 Å². The van der Waals surface area contributed by atoms with Crippen LogP contribution in [0.15, 0.2) is 0 Å². The number of hydrogen-bond acceptors (Lipinski definition) is 4. The van der Waals surface area contributed by atoms with Crippen LogP contribution in [0.2, 0.25) is 0 Å². The number of aliphatic hydroxyl groups is 1. The van der Waals surface area contributed by atoms with Gasteiger partial charge in [0.05, 0.1) is 19.2 Å². The van der Waals surface area contributed by atoms with Gasteiger partial charge in [0.1, 0.15) is 5.82 Å². The number of amides is 1. The largest absolute Gasteiger partial charge is 0.396 e. The van der Waals surface area contributed by atoms with E-state index in [2.05, 4.69) is 18.9 Å². The fourth-order valence-corrected chi connectivity index (χ4v) is 3.01. The molecule has 1 aromatic rings. The van der Waals surface area contributed by atoms with E-state index in [1.165, 1.54) is 12.8 Å². The molecule has 0 radical (unpaired) electrons. The summed E-state index contributed by atoms with van der Waals surface area (Å²) in [7, 11) is 0. The summed E-state index contributed by atoms with van der Waals surface area (Å²) in [5, 5.41) is 13.7. The number of rotatable bonds is 5. The van der Waals surface area contributed by atoms with Crippen LogP contribution in [0.25, 0.3) is 0 Å². The fourth-order valence-electron chi connectivity index (χ4n) is 3.01. The first-order valence-electron chi connectivity index (χ1n) is 7.95. The van der Waals surface area contributed by atoms with E-state index in [0.29, 0.717) is 24.9 Å². The van der Waals surface area contributed by atoms with Crippen LogP contribution in [0.5, 0.6) is 0 Å². The number of carbonyl (C=O) groups excluding carboxylic acids is 1. The SMILES string of the molecule is CC(C)C[C@H]1c2nc(C3CC3)nn2CCN1C(=O)CCO. The molecule has 3 rings (SSSR count). The minimum absolute atomic E-state index is 0.00204. The average Bonchev–Trinajstić information content (AvgIpc) is 3.18. The zero-order valence-corrected chi connectivity index (χ0v) is 12.8. The zero-order chi connectivity index (χ0) is 15.0. The van der Waals surface area contributed by atoms with E-state index in [4.69, 9.17) is 10.1 Å². The molecular formula is C15H24N4O2. The second-order valence-corrected chi connectivity index (χ2v) is 6.53. The van der Waals surface area contributed by atoms with Crippen molar-refractivity contribution < 1.29 is 9.90 Å². The third-order valence-electron chi connectivity index (χ3n) is 4.23. The van der Waals surface area contributed by atoms with E-state index >= 15 is 0 Å². The molecule has 0 saturated heterocycles. The molecule has 6 heteroatoms. The highest BCUT2D eigenvalue weighted by atomic mass is 16.3. The van der Waals surface area contributed by atoms with Crippen molar-refractivity contribution in [2.75, 3.05) is 13.2 Å². The summed E-state index contributed by atoms with van der Waals surface area (Å²) in [4.78, 5) is 18.9. The molecule has 0 spiro atoms. The lowest BCUT2D eigenvalue weighted by Gasteiger charge is -2.36. The Kier molecular flexibility index (Phi) is 3.97. The molecule has 6 nitrogen and oxygen atoms in total. The molecule has 1 fully saturated rings. The molecule has 116 valence electrons. The predicted octanol–water partition coefficient (Wildman–Crippen LogP) is 1.47. The van der Waals surface area contributed by atoms with Gasteiger partial charge in [0.15, 0.2) is 5.82 Å². The second kappa shape index (κ2) is 5.75.